The molecule has 1 aromatic heterocycles. The van der Waals surface area contributed by atoms with Crippen LogP contribution in [0.5, 0.6) is 5.75 Å². The minimum absolute atomic E-state index is 0.0440. The first kappa shape index (κ1) is 18.5. The van der Waals surface area contributed by atoms with E-state index in [1.807, 2.05) is 30.3 Å². The third kappa shape index (κ3) is 4.16. The Kier molecular flexibility index (Phi) is 5.55. The van der Waals surface area contributed by atoms with Crippen LogP contribution < -0.4 is 4.74 Å². The van der Waals surface area contributed by atoms with E-state index in [-0.39, 0.29) is 17.7 Å². The number of hydrogen-bond donors (Lipinski definition) is 0. The monoisotopic (exact) mass is 399 g/mol. The van der Waals surface area contributed by atoms with E-state index in [1.165, 1.54) is 0 Å². The Balaban J connectivity index is 1.45. The summed E-state index contributed by atoms with van der Waals surface area (Å²) in [5.41, 5.74) is 1.66. The van der Waals surface area contributed by atoms with Crippen molar-refractivity contribution in [2.45, 2.75) is 6.61 Å². The SMILES string of the molecule is O=C(c1nnc(-c2ccc(OCc3ccccc3)c(Cl)c2)o1)N1CCOCC1. The van der Waals surface area contributed by atoms with Gasteiger partial charge >= 0.3 is 11.8 Å². The van der Waals surface area contributed by atoms with Gasteiger partial charge in [0.2, 0.25) is 5.89 Å². The number of amides is 1. The van der Waals surface area contributed by atoms with E-state index in [0.717, 1.165) is 5.56 Å². The van der Waals surface area contributed by atoms with Crippen molar-refractivity contribution in [3.05, 3.63) is 65.0 Å². The second-order valence-corrected chi connectivity index (χ2v) is 6.64. The molecule has 2 aromatic carbocycles. The molecule has 1 fully saturated rings. The second-order valence-electron chi connectivity index (χ2n) is 6.24. The number of hydrogen-bond acceptors (Lipinski definition) is 6. The number of ether oxygens (including phenoxy) is 2. The Bertz CT molecular complexity index is 955. The molecule has 8 heteroatoms. The molecular weight excluding hydrogens is 382 g/mol. The number of morpholine rings is 1. The normalized spacial score (nSPS) is 14.1. The van der Waals surface area contributed by atoms with Gasteiger partial charge in [0.05, 0.1) is 18.2 Å². The van der Waals surface area contributed by atoms with Crippen molar-refractivity contribution in [2.75, 3.05) is 26.3 Å². The smallest absolute Gasteiger partial charge is 0.311 e. The zero-order valence-corrected chi connectivity index (χ0v) is 15.8. The summed E-state index contributed by atoms with van der Waals surface area (Å²) >= 11 is 6.33. The highest BCUT2D eigenvalue weighted by molar-refractivity contribution is 6.32. The van der Waals surface area contributed by atoms with Crippen LogP contribution in [0, 0.1) is 0 Å². The summed E-state index contributed by atoms with van der Waals surface area (Å²) in [5.74, 6) is 0.444. The maximum atomic E-state index is 12.4. The number of rotatable bonds is 5. The van der Waals surface area contributed by atoms with Crippen molar-refractivity contribution in [1.29, 1.82) is 0 Å². The van der Waals surface area contributed by atoms with Gasteiger partial charge < -0.3 is 18.8 Å². The number of nitrogens with zero attached hydrogens (tertiary/aromatic N) is 3. The van der Waals surface area contributed by atoms with Gasteiger partial charge in [-0.1, -0.05) is 41.9 Å². The molecule has 1 aliphatic heterocycles. The lowest BCUT2D eigenvalue weighted by Crippen LogP contribution is -2.40. The molecule has 0 N–H and O–H groups in total. The first-order valence-electron chi connectivity index (χ1n) is 8.88. The molecule has 7 nitrogen and oxygen atoms in total. The number of benzene rings is 2. The lowest BCUT2D eigenvalue weighted by Gasteiger charge is -2.25. The third-order valence-corrected chi connectivity index (χ3v) is 4.62. The van der Waals surface area contributed by atoms with E-state index in [9.17, 15) is 4.79 Å². The molecule has 0 bridgehead atoms. The summed E-state index contributed by atoms with van der Waals surface area (Å²) in [6.45, 7) is 2.45. The van der Waals surface area contributed by atoms with E-state index in [4.69, 9.17) is 25.5 Å². The number of halogens is 1. The zero-order chi connectivity index (χ0) is 19.3. The van der Waals surface area contributed by atoms with Crippen LogP contribution >= 0.6 is 11.6 Å². The molecule has 0 aliphatic carbocycles. The lowest BCUT2D eigenvalue weighted by molar-refractivity contribution is 0.0278. The van der Waals surface area contributed by atoms with E-state index in [2.05, 4.69) is 10.2 Å². The molecule has 144 valence electrons. The Labute approximate surface area is 166 Å². The lowest BCUT2D eigenvalue weighted by atomic mass is 10.2. The van der Waals surface area contributed by atoms with E-state index >= 15 is 0 Å². The van der Waals surface area contributed by atoms with Crippen molar-refractivity contribution < 1.29 is 18.7 Å². The topological polar surface area (TPSA) is 77.7 Å². The number of carbonyl (C=O) groups is 1. The fourth-order valence-electron chi connectivity index (χ4n) is 2.81. The Hall–Kier alpha value is -2.90. The molecule has 2 heterocycles. The summed E-state index contributed by atoms with van der Waals surface area (Å²) in [4.78, 5) is 14.0. The molecular formula is C20H18ClN3O4. The third-order valence-electron chi connectivity index (χ3n) is 4.32. The van der Waals surface area contributed by atoms with Crippen LogP contribution in [0.1, 0.15) is 16.2 Å². The van der Waals surface area contributed by atoms with Crippen LogP contribution in [0.15, 0.2) is 52.9 Å². The first-order valence-corrected chi connectivity index (χ1v) is 9.26. The second kappa shape index (κ2) is 8.41. The maximum absolute atomic E-state index is 12.4. The van der Waals surface area contributed by atoms with Gasteiger partial charge in [-0.15, -0.1) is 10.2 Å². The van der Waals surface area contributed by atoms with E-state index in [1.54, 1.807) is 23.1 Å². The Morgan fingerprint density at radius 3 is 2.64 bits per heavy atom. The number of aromatic nitrogens is 2. The highest BCUT2D eigenvalue weighted by Crippen LogP contribution is 2.30. The quantitative estimate of drug-likeness (QED) is 0.654. The molecule has 0 spiro atoms. The summed E-state index contributed by atoms with van der Waals surface area (Å²) in [7, 11) is 0. The van der Waals surface area contributed by atoms with Gasteiger partial charge in [-0.25, -0.2) is 0 Å². The summed E-state index contributed by atoms with van der Waals surface area (Å²) in [6, 6.07) is 15.0. The minimum Gasteiger partial charge on any atom is -0.487 e. The van der Waals surface area contributed by atoms with Crippen LogP contribution in [-0.4, -0.2) is 47.3 Å². The first-order chi connectivity index (χ1) is 13.7. The molecule has 0 radical (unpaired) electrons. The Morgan fingerprint density at radius 2 is 1.89 bits per heavy atom. The molecule has 0 atom stereocenters. The molecule has 28 heavy (non-hydrogen) atoms. The zero-order valence-electron chi connectivity index (χ0n) is 15.0. The van der Waals surface area contributed by atoms with Crippen molar-refractivity contribution in [3.63, 3.8) is 0 Å². The molecule has 1 amide bonds. The minimum atomic E-state index is -0.295. The average Bonchev–Trinajstić information content (AvgIpc) is 3.24. The van der Waals surface area contributed by atoms with Gasteiger partial charge in [0.1, 0.15) is 12.4 Å². The predicted molar refractivity (Wildman–Crippen MR) is 102 cm³/mol. The van der Waals surface area contributed by atoms with Crippen molar-refractivity contribution >= 4 is 17.5 Å². The van der Waals surface area contributed by atoms with Gasteiger partial charge in [-0.05, 0) is 23.8 Å². The fourth-order valence-corrected chi connectivity index (χ4v) is 3.05. The van der Waals surface area contributed by atoms with Gasteiger partial charge in [0.15, 0.2) is 0 Å². The summed E-state index contributed by atoms with van der Waals surface area (Å²) in [6.07, 6.45) is 0. The molecule has 0 saturated carbocycles. The van der Waals surface area contributed by atoms with E-state index in [0.29, 0.717) is 49.2 Å². The molecule has 4 rings (SSSR count). The molecule has 1 saturated heterocycles. The molecule has 1 aliphatic rings. The highest BCUT2D eigenvalue weighted by Gasteiger charge is 2.24. The van der Waals surface area contributed by atoms with Crippen LogP contribution in [-0.2, 0) is 11.3 Å². The maximum Gasteiger partial charge on any atom is 0.311 e. The predicted octanol–water partition coefficient (Wildman–Crippen LogP) is 3.44. The standard InChI is InChI=1S/C20H18ClN3O4/c21-16-12-15(6-7-17(16)27-13-14-4-2-1-3-5-14)18-22-23-19(28-18)20(25)24-8-10-26-11-9-24/h1-7,12H,8-11,13H2. The summed E-state index contributed by atoms with van der Waals surface area (Å²) < 4.78 is 16.6. The van der Waals surface area contributed by atoms with Gasteiger partial charge in [0.25, 0.3) is 0 Å². The Morgan fingerprint density at radius 1 is 1.11 bits per heavy atom. The number of carbonyl (C=O) groups excluding carboxylic acids is 1. The van der Waals surface area contributed by atoms with Crippen LogP contribution in [0.2, 0.25) is 5.02 Å². The van der Waals surface area contributed by atoms with Crippen molar-refractivity contribution in [1.82, 2.24) is 15.1 Å². The van der Waals surface area contributed by atoms with Crippen molar-refractivity contribution in [3.8, 4) is 17.2 Å². The molecule has 0 unspecified atom stereocenters. The van der Waals surface area contributed by atoms with Crippen LogP contribution in [0.3, 0.4) is 0 Å². The van der Waals surface area contributed by atoms with Crippen molar-refractivity contribution in [2.24, 2.45) is 0 Å². The fraction of sp³-hybridized carbons (Fsp3) is 0.250. The average molecular weight is 400 g/mol. The summed E-state index contributed by atoms with van der Waals surface area (Å²) in [5, 5.41) is 8.27. The van der Waals surface area contributed by atoms with E-state index < -0.39 is 0 Å². The highest BCUT2D eigenvalue weighted by atomic mass is 35.5. The van der Waals surface area contributed by atoms with Crippen LogP contribution in [0.25, 0.3) is 11.5 Å². The largest absolute Gasteiger partial charge is 0.487 e. The van der Waals surface area contributed by atoms with Gasteiger partial charge in [0, 0.05) is 18.7 Å². The van der Waals surface area contributed by atoms with Gasteiger partial charge in [-0.3, -0.25) is 4.79 Å². The van der Waals surface area contributed by atoms with Gasteiger partial charge in [-0.2, -0.15) is 0 Å². The molecule has 3 aromatic rings. The van der Waals surface area contributed by atoms with Crippen LogP contribution in [0.4, 0.5) is 0 Å².